The van der Waals surface area contributed by atoms with Crippen molar-refractivity contribution in [3.63, 3.8) is 0 Å². The minimum absolute atomic E-state index is 0.0544. The zero-order valence-corrected chi connectivity index (χ0v) is 18.1. The van der Waals surface area contributed by atoms with Crippen molar-refractivity contribution in [1.29, 1.82) is 0 Å². The van der Waals surface area contributed by atoms with Crippen molar-refractivity contribution >= 4 is 16.8 Å². The molecule has 1 atom stereocenters. The van der Waals surface area contributed by atoms with E-state index in [1.165, 1.54) is 12.3 Å². The summed E-state index contributed by atoms with van der Waals surface area (Å²) >= 11 is 0. The first-order valence-corrected chi connectivity index (χ1v) is 10.5. The summed E-state index contributed by atoms with van der Waals surface area (Å²) < 4.78 is 30.9. The lowest BCUT2D eigenvalue weighted by Crippen LogP contribution is -2.38. The predicted octanol–water partition coefficient (Wildman–Crippen LogP) is 4.39. The number of nitrogens with zero attached hydrogens (tertiary/aromatic N) is 5. The number of alkyl halides is 2. The molecule has 4 aromatic rings. The minimum Gasteiger partial charge on any atom is -0.417 e. The van der Waals surface area contributed by atoms with Gasteiger partial charge in [-0.3, -0.25) is 14.5 Å². The first-order valence-electron chi connectivity index (χ1n) is 10.5. The van der Waals surface area contributed by atoms with Crippen LogP contribution in [0.4, 0.5) is 8.78 Å². The summed E-state index contributed by atoms with van der Waals surface area (Å²) in [5, 5.41) is 5.61. The molecule has 1 aliphatic rings. The van der Waals surface area contributed by atoms with E-state index >= 15 is 0 Å². The summed E-state index contributed by atoms with van der Waals surface area (Å²) in [5.41, 5.74) is 4.92. The highest BCUT2D eigenvalue weighted by atomic mass is 19.3. The third-order valence-electron chi connectivity index (χ3n) is 5.97. The van der Waals surface area contributed by atoms with Gasteiger partial charge < -0.3 is 9.64 Å². The van der Waals surface area contributed by atoms with Gasteiger partial charge in [0.15, 0.2) is 0 Å². The zero-order valence-electron chi connectivity index (χ0n) is 18.1. The van der Waals surface area contributed by atoms with Gasteiger partial charge in [-0.15, -0.1) is 0 Å². The van der Waals surface area contributed by atoms with Crippen molar-refractivity contribution in [2.45, 2.75) is 26.0 Å². The number of ether oxygens (including phenoxy) is 1. The van der Waals surface area contributed by atoms with Crippen molar-refractivity contribution in [2.24, 2.45) is 7.05 Å². The molecule has 1 aromatic carbocycles. The van der Waals surface area contributed by atoms with Gasteiger partial charge in [0.05, 0.1) is 22.9 Å². The van der Waals surface area contributed by atoms with E-state index in [0.29, 0.717) is 18.5 Å². The molecule has 168 valence electrons. The standard InChI is InChI=1S/C24H21F2N5O2/c1-14-21-18(22(30(2)29-21)17-6-8-20(28-13-17)33-24(25)26)9-11-31(14)23(32)16-5-7-19-15(12-16)4-3-10-27-19/h3-8,10,12-14,24H,9,11H2,1-2H3/t14-/m0/s1. The molecule has 0 saturated carbocycles. The van der Waals surface area contributed by atoms with Crippen LogP contribution in [-0.4, -0.2) is 43.7 Å². The number of amides is 1. The molecule has 0 spiro atoms. The molecular weight excluding hydrogens is 428 g/mol. The highest BCUT2D eigenvalue weighted by Crippen LogP contribution is 2.36. The number of fused-ring (bicyclic) bond motifs is 2. The van der Waals surface area contributed by atoms with Crippen LogP contribution in [0.15, 0.2) is 54.9 Å². The van der Waals surface area contributed by atoms with Gasteiger partial charge in [-0.05, 0) is 43.7 Å². The molecule has 5 rings (SSSR count). The summed E-state index contributed by atoms with van der Waals surface area (Å²) in [4.78, 5) is 23.5. The normalized spacial score (nSPS) is 15.7. The van der Waals surface area contributed by atoms with Gasteiger partial charge >= 0.3 is 6.61 Å². The van der Waals surface area contributed by atoms with Crippen LogP contribution in [-0.2, 0) is 13.5 Å². The van der Waals surface area contributed by atoms with Crippen LogP contribution in [0.1, 0.15) is 34.6 Å². The third kappa shape index (κ3) is 3.79. The lowest BCUT2D eigenvalue weighted by atomic mass is 9.95. The van der Waals surface area contributed by atoms with Crippen LogP contribution >= 0.6 is 0 Å². The van der Waals surface area contributed by atoms with Crippen molar-refractivity contribution in [3.8, 4) is 17.1 Å². The van der Waals surface area contributed by atoms with Crippen LogP contribution in [0.25, 0.3) is 22.2 Å². The van der Waals surface area contributed by atoms with E-state index in [1.54, 1.807) is 23.0 Å². The first kappa shape index (κ1) is 21.0. The molecule has 0 bridgehead atoms. The average Bonchev–Trinajstić information content (AvgIpc) is 3.15. The van der Waals surface area contributed by atoms with Crippen molar-refractivity contribution in [3.05, 3.63) is 71.7 Å². The van der Waals surface area contributed by atoms with E-state index in [0.717, 1.165) is 33.4 Å². The third-order valence-corrected chi connectivity index (χ3v) is 5.97. The Morgan fingerprint density at radius 2 is 2.03 bits per heavy atom. The fourth-order valence-electron chi connectivity index (χ4n) is 4.44. The van der Waals surface area contributed by atoms with E-state index in [-0.39, 0.29) is 17.8 Å². The molecule has 7 nitrogen and oxygen atoms in total. The topological polar surface area (TPSA) is 73.1 Å². The maximum absolute atomic E-state index is 13.3. The Kier molecular flexibility index (Phi) is 5.24. The minimum atomic E-state index is -2.92. The van der Waals surface area contributed by atoms with E-state index in [1.807, 2.05) is 43.1 Å². The van der Waals surface area contributed by atoms with Crippen LogP contribution in [0.5, 0.6) is 5.88 Å². The monoisotopic (exact) mass is 449 g/mol. The summed E-state index contributed by atoms with van der Waals surface area (Å²) in [6, 6.07) is 12.2. The second-order valence-electron chi connectivity index (χ2n) is 7.94. The van der Waals surface area contributed by atoms with E-state index in [9.17, 15) is 13.6 Å². The maximum Gasteiger partial charge on any atom is 0.388 e. The highest BCUT2D eigenvalue weighted by Gasteiger charge is 2.33. The average molecular weight is 449 g/mol. The molecular formula is C24H21F2N5O2. The van der Waals surface area contributed by atoms with E-state index in [4.69, 9.17) is 0 Å². The number of pyridine rings is 2. The van der Waals surface area contributed by atoms with Gasteiger partial charge in [-0.1, -0.05) is 6.07 Å². The number of halogens is 2. The number of carbonyl (C=O) groups excluding carboxylic acids is 1. The van der Waals surface area contributed by atoms with Crippen LogP contribution in [0, 0.1) is 0 Å². The van der Waals surface area contributed by atoms with Crippen LogP contribution in [0.3, 0.4) is 0 Å². The lowest BCUT2D eigenvalue weighted by molar-refractivity contribution is -0.0528. The lowest BCUT2D eigenvalue weighted by Gasteiger charge is -2.33. The molecule has 0 radical (unpaired) electrons. The molecule has 0 fully saturated rings. The largest absolute Gasteiger partial charge is 0.417 e. The maximum atomic E-state index is 13.3. The molecule has 3 aromatic heterocycles. The summed E-state index contributed by atoms with van der Waals surface area (Å²) in [5.74, 6) is -0.193. The zero-order chi connectivity index (χ0) is 23.1. The smallest absolute Gasteiger partial charge is 0.388 e. The Hall–Kier alpha value is -3.88. The van der Waals surface area contributed by atoms with Crippen molar-refractivity contribution in [1.82, 2.24) is 24.6 Å². The van der Waals surface area contributed by atoms with E-state index < -0.39 is 6.61 Å². The number of benzene rings is 1. The number of hydrogen-bond acceptors (Lipinski definition) is 5. The number of aryl methyl sites for hydroxylation is 1. The predicted molar refractivity (Wildman–Crippen MR) is 118 cm³/mol. The quantitative estimate of drug-likeness (QED) is 0.462. The summed E-state index contributed by atoms with van der Waals surface area (Å²) in [6.07, 6.45) is 3.85. The Morgan fingerprint density at radius 1 is 1.18 bits per heavy atom. The molecule has 0 aliphatic carbocycles. The molecule has 0 unspecified atom stereocenters. The van der Waals surface area contributed by atoms with Gasteiger partial charge in [0, 0.05) is 54.1 Å². The Balaban J connectivity index is 1.43. The molecule has 0 N–H and O–H groups in total. The molecule has 9 heteroatoms. The number of rotatable bonds is 4. The number of carbonyl (C=O) groups is 1. The van der Waals surface area contributed by atoms with Gasteiger partial charge in [0.2, 0.25) is 5.88 Å². The Bertz CT molecular complexity index is 1340. The van der Waals surface area contributed by atoms with Crippen molar-refractivity contribution < 1.29 is 18.3 Å². The van der Waals surface area contributed by atoms with Gasteiger partial charge in [0.25, 0.3) is 5.91 Å². The molecule has 33 heavy (non-hydrogen) atoms. The molecule has 4 heterocycles. The van der Waals surface area contributed by atoms with Crippen LogP contribution in [0.2, 0.25) is 0 Å². The first-order chi connectivity index (χ1) is 15.9. The molecule has 0 saturated heterocycles. The Labute approximate surface area is 188 Å². The van der Waals surface area contributed by atoms with Crippen molar-refractivity contribution in [2.75, 3.05) is 6.54 Å². The van der Waals surface area contributed by atoms with Gasteiger partial charge in [0.1, 0.15) is 0 Å². The molecule has 1 amide bonds. The molecule has 1 aliphatic heterocycles. The fraction of sp³-hybridized carbons (Fsp3) is 0.250. The second-order valence-corrected chi connectivity index (χ2v) is 7.94. The highest BCUT2D eigenvalue weighted by molar-refractivity contribution is 5.98. The Morgan fingerprint density at radius 3 is 2.79 bits per heavy atom. The van der Waals surface area contributed by atoms with E-state index in [2.05, 4.69) is 19.8 Å². The summed E-state index contributed by atoms with van der Waals surface area (Å²) in [6.45, 7) is -0.416. The summed E-state index contributed by atoms with van der Waals surface area (Å²) in [7, 11) is 1.83. The van der Waals surface area contributed by atoms with Gasteiger partial charge in [-0.25, -0.2) is 4.98 Å². The fourth-order valence-corrected chi connectivity index (χ4v) is 4.44. The SMILES string of the molecule is C[C@H]1c2nn(C)c(-c3ccc(OC(F)F)nc3)c2CCN1C(=O)c1ccc2ncccc2c1. The number of hydrogen-bond donors (Lipinski definition) is 0. The second kappa shape index (κ2) is 8.23. The number of aromatic nitrogens is 4. The van der Waals surface area contributed by atoms with Gasteiger partial charge in [-0.2, -0.15) is 13.9 Å². The van der Waals surface area contributed by atoms with Crippen LogP contribution < -0.4 is 4.74 Å².